The van der Waals surface area contributed by atoms with Crippen LogP contribution in [0.5, 0.6) is 5.75 Å². The molecule has 0 spiro atoms. The summed E-state index contributed by atoms with van der Waals surface area (Å²) in [5.41, 5.74) is 2.98. The van der Waals surface area contributed by atoms with Crippen LogP contribution in [-0.2, 0) is 11.2 Å². The largest absolute Gasteiger partial charge is 0.493 e. The zero-order chi connectivity index (χ0) is 24.9. The van der Waals surface area contributed by atoms with Crippen molar-refractivity contribution in [2.45, 2.75) is 39.0 Å². The van der Waals surface area contributed by atoms with Gasteiger partial charge in [0.15, 0.2) is 5.11 Å². The maximum Gasteiger partial charge on any atom is 0.257 e. The Hall–Kier alpha value is -3.71. The number of benzene rings is 3. The Morgan fingerprint density at radius 2 is 1.60 bits per heavy atom. The number of amides is 2. The topological polar surface area (TPSA) is 79.5 Å². The number of rotatable bonds is 11. The first-order valence-electron chi connectivity index (χ1n) is 11.8. The van der Waals surface area contributed by atoms with E-state index >= 15 is 0 Å². The first kappa shape index (κ1) is 25.9. The van der Waals surface area contributed by atoms with Crippen molar-refractivity contribution in [1.29, 1.82) is 0 Å². The Morgan fingerprint density at radius 3 is 2.37 bits per heavy atom. The predicted octanol–water partition coefficient (Wildman–Crippen LogP) is 5.95. The van der Waals surface area contributed by atoms with Gasteiger partial charge in [-0.1, -0.05) is 62.2 Å². The molecule has 2 amide bonds. The van der Waals surface area contributed by atoms with Crippen LogP contribution in [0.15, 0.2) is 78.9 Å². The fourth-order valence-electron chi connectivity index (χ4n) is 3.43. The maximum absolute atomic E-state index is 12.7. The molecule has 3 rings (SSSR count). The predicted molar refractivity (Wildman–Crippen MR) is 145 cm³/mol. The van der Waals surface area contributed by atoms with Crippen LogP contribution < -0.4 is 20.7 Å². The van der Waals surface area contributed by atoms with Gasteiger partial charge >= 0.3 is 0 Å². The van der Waals surface area contributed by atoms with Crippen LogP contribution >= 0.6 is 12.2 Å². The van der Waals surface area contributed by atoms with Gasteiger partial charge in [-0.2, -0.15) is 0 Å². The fraction of sp³-hybridized carbons (Fsp3) is 0.250. The lowest BCUT2D eigenvalue weighted by atomic mass is 10.2. The SMILES string of the molecule is CCCCCC(=O)Nc1cccc(NC(=S)NC(=O)c2cccc(OCCc3ccccc3)c2)c1. The van der Waals surface area contributed by atoms with Gasteiger partial charge in [0.2, 0.25) is 5.91 Å². The van der Waals surface area contributed by atoms with E-state index in [1.807, 2.05) is 42.5 Å². The molecule has 0 aliphatic heterocycles. The second kappa shape index (κ2) is 13.9. The second-order valence-electron chi connectivity index (χ2n) is 8.11. The molecule has 0 heterocycles. The van der Waals surface area contributed by atoms with Gasteiger partial charge < -0.3 is 15.4 Å². The highest BCUT2D eigenvalue weighted by Gasteiger charge is 2.10. The minimum atomic E-state index is -0.337. The molecule has 0 saturated heterocycles. The van der Waals surface area contributed by atoms with E-state index in [0.717, 1.165) is 25.7 Å². The fourth-order valence-corrected chi connectivity index (χ4v) is 3.64. The number of carbonyl (C=O) groups is 2. The molecule has 0 aliphatic rings. The Morgan fingerprint density at radius 1 is 0.857 bits per heavy atom. The number of hydrogen-bond donors (Lipinski definition) is 3. The molecule has 0 saturated carbocycles. The molecule has 0 bridgehead atoms. The summed E-state index contributed by atoms with van der Waals surface area (Å²) < 4.78 is 5.81. The van der Waals surface area contributed by atoms with Gasteiger partial charge in [0.1, 0.15) is 5.75 Å². The van der Waals surface area contributed by atoms with Gasteiger partial charge in [0.05, 0.1) is 6.61 Å². The standard InChI is InChI=1S/C28H31N3O3S/c1-2-3-5-16-26(32)29-23-13-9-14-24(20-23)30-28(35)31-27(33)22-12-8-15-25(19-22)34-18-17-21-10-6-4-7-11-21/h4,6-15,19-20H,2-3,5,16-18H2,1H3,(H,29,32)(H2,30,31,33,35). The van der Waals surface area contributed by atoms with E-state index in [9.17, 15) is 9.59 Å². The van der Waals surface area contributed by atoms with Gasteiger partial charge in [-0.05, 0) is 60.6 Å². The van der Waals surface area contributed by atoms with Crippen LogP contribution in [0.4, 0.5) is 11.4 Å². The van der Waals surface area contributed by atoms with Crippen molar-refractivity contribution < 1.29 is 14.3 Å². The highest BCUT2D eigenvalue weighted by atomic mass is 32.1. The van der Waals surface area contributed by atoms with E-state index in [0.29, 0.717) is 35.7 Å². The number of carbonyl (C=O) groups excluding carboxylic acids is 2. The first-order valence-corrected chi connectivity index (χ1v) is 12.2. The normalized spacial score (nSPS) is 10.3. The minimum absolute atomic E-state index is 0.0163. The average Bonchev–Trinajstić information content (AvgIpc) is 2.85. The van der Waals surface area contributed by atoms with Crippen LogP contribution in [0.2, 0.25) is 0 Å². The molecule has 182 valence electrons. The summed E-state index contributed by atoms with van der Waals surface area (Å²) in [6.45, 7) is 2.62. The second-order valence-corrected chi connectivity index (χ2v) is 8.51. The van der Waals surface area contributed by atoms with E-state index in [-0.39, 0.29) is 16.9 Å². The van der Waals surface area contributed by atoms with E-state index < -0.39 is 0 Å². The maximum atomic E-state index is 12.7. The molecule has 6 nitrogen and oxygen atoms in total. The number of hydrogen-bond acceptors (Lipinski definition) is 4. The zero-order valence-electron chi connectivity index (χ0n) is 19.9. The van der Waals surface area contributed by atoms with Crippen LogP contribution in [-0.4, -0.2) is 23.5 Å². The lowest BCUT2D eigenvalue weighted by Crippen LogP contribution is -2.34. The third-order valence-electron chi connectivity index (χ3n) is 5.24. The van der Waals surface area contributed by atoms with E-state index in [4.69, 9.17) is 17.0 Å². The number of ether oxygens (including phenoxy) is 1. The van der Waals surface area contributed by atoms with Crippen LogP contribution in [0, 0.1) is 0 Å². The summed E-state index contributed by atoms with van der Waals surface area (Å²) in [5.74, 6) is 0.267. The summed E-state index contributed by atoms with van der Waals surface area (Å²) in [6, 6.07) is 24.3. The molecule has 3 N–H and O–H groups in total. The molecular formula is C28H31N3O3S. The molecule has 3 aromatic carbocycles. The van der Waals surface area contributed by atoms with E-state index in [1.165, 1.54) is 5.56 Å². The molecule has 0 unspecified atom stereocenters. The minimum Gasteiger partial charge on any atom is -0.493 e. The molecular weight excluding hydrogens is 458 g/mol. The third kappa shape index (κ3) is 9.22. The zero-order valence-corrected chi connectivity index (χ0v) is 20.7. The van der Waals surface area contributed by atoms with Crippen molar-refractivity contribution in [3.8, 4) is 5.75 Å². The number of thiocarbonyl (C=S) groups is 1. The van der Waals surface area contributed by atoms with Crippen LogP contribution in [0.1, 0.15) is 48.5 Å². The first-order chi connectivity index (χ1) is 17.0. The molecule has 7 heteroatoms. The summed E-state index contributed by atoms with van der Waals surface area (Å²) in [6.07, 6.45) is 4.25. The summed E-state index contributed by atoms with van der Waals surface area (Å²) >= 11 is 5.31. The quantitative estimate of drug-likeness (QED) is 0.229. The van der Waals surface area contributed by atoms with Gasteiger partial charge in [-0.3, -0.25) is 14.9 Å². The lowest BCUT2D eigenvalue weighted by Gasteiger charge is -2.12. The van der Waals surface area contributed by atoms with E-state index in [1.54, 1.807) is 24.3 Å². The van der Waals surface area contributed by atoms with Crippen LogP contribution in [0.25, 0.3) is 0 Å². The van der Waals surface area contributed by atoms with Crippen LogP contribution in [0.3, 0.4) is 0 Å². The molecule has 0 aliphatic carbocycles. The monoisotopic (exact) mass is 489 g/mol. The van der Waals surface area contributed by atoms with Crippen molar-refractivity contribution in [3.63, 3.8) is 0 Å². The summed E-state index contributed by atoms with van der Waals surface area (Å²) in [7, 11) is 0. The smallest absolute Gasteiger partial charge is 0.257 e. The van der Waals surface area contributed by atoms with Gasteiger partial charge in [0, 0.05) is 29.8 Å². The van der Waals surface area contributed by atoms with Gasteiger partial charge in [-0.25, -0.2) is 0 Å². The number of unbranched alkanes of at least 4 members (excludes halogenated alkanes) is 2. The van der Waals surface area contributed by atoms with Gasteiger partial charge in [-0.15, -0.1) is 0 Å². The highest BCUT2D eigenvalue weighted by Crippen LogP contribution is 2.17. The van der Waals surface area contributed by atoms with Crippen molar-refractivity contribution in [1.82, 2.24) is 5.32 Å². The molecule has 0 fully saturated rings. The molecule has 0 aromatic heterocycles. The van der Waals surface area contributed by atoms with E-state index in [2.05, 4.69) is 35.0 Å². The highest BCUT2D eigenvalue weighted by molar-refractivity contribution is 7.80. The summed E-state index contributed by atoms with van der Waals surface area (Å²) in [5, 5.41) is 8.73. The van der Waals surface area contributed by atoms with Crippen molar-refractivity contribution in [2.75, 3.05) is 17.2 Å². The lowest BCUT2D eigenvalue weighted by molar-refractivity contribution is -0.116. The Bertz CT molecular complexity index is 1140. The Labute approximate surface area is 212 Å². The average molecular weight is 490 g/mol. The molecule has 35 heavy (non-hydrogen) atoms. The molecule has 0 radical (unpaired) electrons. The van der Waals surface area contributed by atoms with Gasteiger partial charge in [0.25, 0.3) is 5.91 Å². The Balaban J connectivity index is 1.49. The number of anilines is 2. The number of nitrogens with one attached hydrogen (secondary N) is 3. The van der Waals surface area contributed by atoms with Crippen molar-refractivity contribution >= 4 is 40.5 Å². The Kier molecular flexibility index (Phi) is 10.3. The van der Waals surface area contributed by atoms with Crippen molar-refractivity contribution in [2.24, 2.45) is 0 Å². The molecule has 3 aromatic rings. The molecule has 0 atom stereocenters. The third-order valence-corrected chi connectivity index (χ3v) is 5.44. The van der Waals surface area contributed by atoms with Crippen molar-refractivity contribution in [3.05, 3.63) is 90.0 Å². The summed E-state index contributed by atoms with van der Waals surface area (Å²) in [4.78, 5) is 24.7.